The first-order chi connectivity index (χ1) is 9.48. The van der Waals surface area contributed by atoms with Crippen molar-refractivity contribution in [1.29, 1.82) is 0 Å². The number of carbonyl (C=O) groups excluding carboxylic acids is 1. The Morgan fingerprint density at radius 1 is 1.40 bits per heavy atom. The van der Waals surface area contributed by atoms with E-state index in [1.807, 2.05) is 31.2 Å². The van der Waals surface area contributed by atoms with Gasteiger partial charge in [0.05, 0.1) is 11.8 Å². The molecule has 0 bridgehead atoms. The number of carbonyl (C=O) groups is 1. The summed E-state index contributed by atoms with van der Waals surface area (Å²) in [7, 11) is -3.23. The number of aryl methyl sites for hydroxylation is 1. The minimum atomic E-state index is -3.23. The number of rotatable bonds is 4. The van der Waals surface area contributed by atoms with Crippen molar-refractivity contribution in [2.75, 3.05) is 16.5 Å². The maximum Gasteiger partial charge on any atom is 0.242 e. The maximum atomic E-state index is 12.1. The Balaban J connectivity index is 2.44. The van der Waals surface area contributed by atoms with Crippen molar-refractivity contribution in [3.05, 3.63) is 41.3 Å². The summed E-state index contributed by atoms with van der Waals surface area (Å²) in [4.78, 5) is 13.6. The van der Waals surface area contributed by atoms with Crippen molar-refractivity contribution in [2.24, 2.45) is 0 Å². The molecule has 0 saturated carbocycles. The second-order valence-corrected chi connectivity index (χ2v) is 6.80. The van der Waals surface area contributed by atoms with E-state index < -0.39 is 15.9 Å². The number of alkyl halides is 1. The number of para-hydroxylation sites is 1. The number of sulfone groups is 1. The first kappa shape index (κ1) is 15.1. The lowest BCUT2D eigenvalue weighted by Crippen LogP contribution is -2.42. The van der Waals surface area contributed by atoms with E-state index in [0.29, 0.717) is 0 Å². The van der Waals surface area contributed by atoms with Gasteiger partial charge in [0.1, 0.15) is 5.88 Å². The third-order valence-electron chi connectivity index (χ3n) is 3.26. The van der Waals surface area contributed by atoms with Gasteiger partial charge in [-0.1, -0.05) is 25.1 Å². The van der Waals surface area contributed by atoms with Gasteiger partial charge in [0.2, 0.25) is 5.91 Å². The maximum absolute atomic E-state index is 12.1. The van der Waals surface area contributed by atoms with Crippen LogP contribution < -0.4 is 4.90 Å². The van der Waals surface area contributed by atoms with Crippen LogP contribution in [0.5, 0.6) is 0 Å². The predicted octanol–water partition coefficient (Wildman–Crippen LogP) is 2.13. The Labute approximate surface area is 124 Å². The number of benzene rings is 1. The summed E-state index contributed by atoms with van der Waals surface area (Å²) in [6.45, 7) is 1.99. The summed E-state index contributed by atoms with van der Waals surface area (Å²) in [6, 6.07) is 6.99. The molecule has 0 N–H and O–H groups in total. The molecule has 0 saturated heterocycles. The summed E-state index contributed by atoms with van der Waals surface area (Å²) in [6.07, 6.45) is 2.30. The summed E-state index contributed by atoms with van der Waals surface area (Å²) >= 11 is 5.68. The molecule has 0 radical (unpaired) electrons. The topological polar surface area (TPSA) is 54.5 Å². The van der Waals surface area contributed by atoms with Crippen molar-refractivity contribution < 1.29 is 13.2 Å². The molecule has 1 aliphatic rings. The Kier molecular flexibility index (Phi) is 4.50. The van der Waals surface area contributed by atoms with Crippen LogP contribution in [0.1, 0.15) is 12.5 Å². The predicted molar refractivity (Wildman–Crippen MR) is 80.7 cm³/mol. The Hall–Kier alpha value is -1.33. The number of hydrogen-bond donors (Lipinski definition) is 0. The van der Waals surface area contributed by atoms with Gasteiger partial charge in [0.15, 0.2) is 9.84 Å². The summed E-state index contributed by atoms with van der Waals surface area (Å²) < 4.78 is 23.2. The Bertz CT molecular complexity index is 640. The molecule has 1 atom stereocenters. The van der Waals surface area contributed by atoms with Crippen LogP contribution in [0.15, 0.2) is 35.7 Å². The number of halogens is 1. The van der Waals surface area contributed by atoms with Crippen molar-refractivity contribution in [2.45, 2.75) is 19.4 Å². The number of nitrogens with zero attached hydrogens (tertiary/aromatic N) is 1. The van der Waals surface area contributed by atoms with Crippen LogP contribution >= 0.6 is 11.6 Å². The lowest BCUT2D eigenvalue weighted by molar-refractivity contribution is -0.116. The number of hydrogen-bond acceptors (Lipinski definition) is 3. The molecule has 0 unspecified atom stereocenters. The van der Waals surface area contributed by atoms with Crippen LogP contribution in [0.4, 0.5) is 5.69 Å². The zero-order valence-corrected chi connectivity index (χ0v) is 12.7. The van der Waals surface area contributed by atoms with Gasteiger partial charge in [-0.2, -0.15) is 0 Å². The second kappa shape index (κ2) is 5.97. The lowest BCUT2D eigenvalue weighted by Gasteiger charge is -2.28. The second-order valence-electron chi connectivity index (χ2n) is 4.61. The van der Waals surface area contributed by atoms with Crippen LogP contribution in [-0.2, 0) is 21.1 Å². The van der Waals surface area contributed by atoms with Crippen LogP contribution in [0.3, 0.4) is 0 Å². The van der Waals surface area contributed by atoms with Crippen LogP contribution in [0, 0.1) is 0 Å². The van der Waals surface area contributed by atoms with E-state index in [1.165, 1.54) is 10.3 Å². The minimum absolute atomic E-state index is 0.0896. The molecule has 20 heavy (non-hydrogen) atoms. The van der Waals surface area contributed by atoms with E-state index in [-0.39, 0.29) is 17.5 Å². The molecule has 4 nitrogen and oxygen atoms in total. The number of amides is 1. The van der Waals surface area contributed by atoms with E-state index in [9.17, 15) is 13.2 Å². The first-order valence-corrected chi connectivity index (χ1v) is 8.60. The molecule has 0 fully saturated rings. The van der Waals surface area contributed by atoms with Crippen molar-refractivity contribution in [3.8, 4) is 0 Å². The fourth-order valence-corrected chi connectivity index (χ4v) is 3.72. The molecule has 108 valence electrons. The SMILES string of the molecule is CCc1ccccc1N(C(=O)CCl)[C@H]1C=CS(=O)(=O)C1. The molecule has 1 aliphatic heterocycles. The fraction of sp³-hybridized carbons (Fsp3) is 0.357. The average Bonchev–Trinajstić information content (AvgIpc) is 2.79. The highest BCUT2D eigenvalue weighted by Gasteiger charge is 2.31. The molecule has 6 heteroatoms. The average molecular weight is 314 g/mol. The van der Waals surface area contributed by atoms with Gasteiger partial charge < -0.3 is 4.90 Å². The van der Waals surface area contributed by atoms with Gasteiger partial charge in [-0.05, 0) is 24.1 Å². The van der Waals surface area contributed by atoms with E-state index in [4.69, 9.17) is 11.6 Å². The van der Waals surface area contributed by atoms with E-state index >= 15 is 0 Å². The monoisotopic (exact) mass is 313 g/mol. The number of anilines is 1. The third-order valence-corrected chi connectivity index (χ3v) is 4.86. The first-order valence-electron chi connectivity index (χ1n) is 6.35. The van der Waals surface area contributed by atoms with E-state index in [0.717, 1.165) is 17.7 Å². The molecule has 1 heterocycles. The van der Waals surface area contributed by atoms with Gasteiger partial charge in [-0.15, -0.1) is 11.6 Å². The molecule has 2 rings (SSSR count). The van der Waals surface area contributed by atoms with Crippen LogP contribution in [-0.4, -0.2) is 32.0 Å². The lowest BCUT2D eigenvalue weighted by atomic mass is 10.1. The summed E-state index contributed by atoms with van der Waals surface area (Å²) in [5.41, 5.74) is 1.72. The fourth-order valence-electron chi connectivity index (χ4n) is 2.33. The molecule has 1 aromatic carbocycles. The Morgan fingerprint density at radius 3 is 2.65 bits per heavy atom. The highest BCUT2D eigenvalue weighted by atomic mass is 35.5. The van der Waals surface area contributed by atoms with E-state index in [1.54, 1.807) is 6.08 Å². The van der Waals surface area contributed by atoms with Gasteiger partial charge in [0.25, 0.3) is 0 Å². The Morgan fingerprint density at radius 2 is 2.10 bits per heavy atom. The quantitative estimate of drug-likeness (QED) is 0.800. The van der Waals surface area contributed by atoms with Gasteiger partial charge >= 0.3 is 0 Å². The largest absolute Gasteiger partial charge is 0.303 e. The molecule has 0 spiro atoms. The molecule has 1 aromatic rings. The highest BCUT2D eigenvalue weighted by molar-refractivity contribution is 7.94. The van der Waals surface area contributed by atoms with Crippen LogP contribution in [0.2, 0.25) is 0 Å². The zero-order chi connectivity index (χ0) is 14.8. The van der Waals surface area contributed by atoms with Crippen molar-refractivity contribution in [3.63, 3.8) is 0 Å². The van der Waals surface area contributed by atoms with Gasteiger partial charge in [-0.25, -0.2) is 8.42 Å². The van der Waals surface area contributed by atoms with Crippen LogP contribution in [0.25, 0.3) is 0 Å². The zero-order valence-electron chi connectivity index (χ0n) is 11.1. The van der Waals surface area contributed by atoms with Gasteiger partial charge in [0, 0.05) is 11.1 Å². The minimum Gasteiger partial charge on any atom is -0.303 e. The normalized spacial score (nSPS) is 20.0. The molecule has 0 aliphatic carbocycles. The smallest absolute Gasteiger partial charge is 0.242 e. The highest BCUT2D eigenvalue weighted by Crippen LogP contribution is 2.27. The molecule has 1 amide bonds. The third kappa shape index (κ3) is 3.04. The van der Waals surface area contributed by atoms with E-state index in [2.05, 4.69) is 0 Å². The molecular formula is C14H16ClNO3S. The molecular weight excluding hydrogens is 298 g/mol. The molecule has 0 aromatic heterocycles. The standard InChI is InChI=1S/C14H16ClNO3S/c1-2-11-5-3-4-6-13(11)16(14(17)9-15)12-7-8-20(18,19)10-12/h3-8,12H,2,9-10H2,1H3/t12-/m0/s1. The summed E-state index contributed by atoms with van der Waals surface area (Å²) in [5, 5.41) is 1.17. The van der Waals surface area contributed by atoms with Crippen molar-refractivity contribution in [1.82, 2.24) is 0 Å². The van der Waals surface area contributed by atoms with Gasteiger partial charge in [-0.3, -0.25) is 4.79 Å². The summed E-state index contributed by atoms with van der Waals surface area (Å²) in [5.74, 6) is -0.560. The van der Waals surface area contributed by atoms with Crippen molar-refractivity contribution >= 4 is 33.0 Å².